The monoisotopic (exact) mass is 247 g/mol. The lowest BCUT2D eigenvalue weighted by Gasteiger charge is -2.12. The smallest absolute Gasteiger partial charge is 0.336 e. The van der Waals surface area contributed by atoms with Gasteiger partial charge in [-0.3, -0.25) is 0 Å². The Kier molecular flexibility index (Phi) is 3.39. The van der Waals surface area contributed by atoms with Gasteiger partial charge in [0.25, 0.3) is 0 Å². The minimum atomic E-state index is -0.392. The van der Waals surface area contributed by atoms with Crippen LogP contribution in [-0.4, -0.2) is 11.1 Å². The van der Waals surface area contributed by atoms with Crippen LogP contribution in [0.3, 0.4) is 0 Å². The molecule has 0 amide bonds. The Bertz CT molecular complexity index is 629. The zero-order valence-electron chi connectivity index (χ0n) is 10.8. The Labute approximate surface area is 105 Å². The fourth-order valence-electron chi connectivity index (χ4n) is 1.91. The predicted octanol–water partition coefficient (Wildman–Crippen LogP) is 2.31. The van der Waals surface area contributed by atoms with E-state index in [9.17, 15) is 9.90 Å². The second-order valence-corrected chi connectivity index (χ2v) is 4.72. The van der Waals surface area contributed by atoms with Crippen molar-refractivity contribution < 1.29 is 9.52 Å². The highest BCUT2D eigenvalue weighted by atomic mass is 16.4. The maximum atomic E-state index is 11.4. The van der Waals surface area contributed by atoms with Crippen LogP contribution < -0.4 is 10.9 Å². The van der Waals surface area contributed by atoms with Crippen LogP contribution in [0.4, 0.5) is 0 Å². The van der Waals surface area contributed by atoms with Crippen molar-refractivity contribution in [3.63, 3.8) is 0 Å². The summed E-state index contributed by atoms with van der Waals surface area (Å²) in [5.41, 5.74) is 1.55. The van der Waals surface area contributed by atoms with E-state index < -0.39 is 5.63 Å². The molecule has 2 rings (SSSR count). The van der Waals surface area contributed by atoms with E-state index in [1.54, 1.807) is 12.1 Å². The molecule has 96 valence electrons. The van der Waals surface area contributed by atoms with Gasteiger partial charge in [-0.05, 0) is 24.6 Å². The highest BCUT2D eigenvalue weighted by Gasteiger charge is 2.12. The molecule has 0 saturated heterocycles. The van der Waals surface area contributed by atoms with Crippen molar-refractivity contribution in [3.8, 4) is 5.75 Å². The summed E-state index contributed by atoms with van der Waals surface area (Å²) < 4.78 is 5.23. The van der Waals surface area contributed by atoms with E-state index in [-0.39, 0.29) is 11.8 Å². The molecule has 0 spiro atoms. The Balaban J connectivity index is 2.62. The zero-order chi connectivity index (χ0) is 13.3. The predicted molar refractivity (Wildman–Crippen MR) is 70.9 cm³/mol. The van der Waals surface area contributed by atoms with Gasteiger partial charge in [0.15, 0.2) is 0 Å². The molecule has 0 aliphatic heterocycles. The fourth-order valence-corrected chi connectivity index (χ4v) is 1.91. The number of rotatable bonds is 3. The lowest BCUT2D eigenvalue weighted by molar-refractivity contribution is 0.457. The number of fused-ring (bicyclic) bond motifs is 1. The van der Waals surface area contributed by atoms with Crippen molar-refractivity contribution in [3.05, 3.63) is 39.7 Å². The van der Waals surface area contributed by atoms with Gasteiger partial charge in [0.1, 0.15) is 11.3 Å². The van der Waals surface area contributed by atoms with Gasteiger partial charge in [0.05, 0.1) is 5.56 Å². The topological polar surface area (TPSA) is 62.5 Å². The Morgan fingerprint density at radius 3 is 2.78 bits per heavy atom. The van der Waals surface area contributed by atoms with Gasteiger partial charge >= 0.3 is 5.63 Å². The summed E-state index contributed by atoms with van der Waals surface area (Å²) in [7, 11) is 0. The summed E-state index contributed by atoms with van der Waals surface area (Å²) in [6, 6.07) is 5.14. The first-order valence-electron chi connectivity index (χ1n) is 5.97. The number of phenolic OH excluding ortho intramolecular Hbond substituents is 1. The van der Waals surface area contributed by atoms with Crippen LogP contribution in [0.15, 0.2) is 27.4 Å². The molecule has 4 heteroatoms. The van der Waals surface area contributed by atoms with E-state index in [1.807, 2.05) is 20.8 Å². The SMILES string of the molecule is Cc1cc(=O)oc2c(CNC(C)C)c(O)ccc12. The van der Waals surface area contributed by atoms with E-state index in [2.05, 4.69) is 5.32 Å². The number of hydrogen-bond acceptors (Lipinski definition) is 4. The molecule has 2 aromatic rings. The van der Waals surface area contributed by atoms with Crippen molar-refractivity contribution >= 4 is 11.0 Å². The Hall–Kier alpha value is -1.81. The van der Waals surface area contributed by atoms with Gasteiger partial charge in [0.2, 0.25) is 0 Å². The normalized spacial score (nSPS) is 11.3. The van der Waals surface area contributed by atoms with Gasteiger partial charge in [0, 0.05) is 24.0 Å². The molecule has 4 nitrogen and oxygen atoms in total. The molecular weight excluding hydrogens is 230 g/mol. The third-order valence-electron chi connectivity index (χ3n) is 2.88. The summed E-state index contributed by atoms with van der Waals surface area (Å²) in [6.45, 7) is 6.36. The average Bonchev–Trinajstić information content (AvgIpc) is 2.26. The van der Waals surface area contributed by atoms with Gasteiger partial charge in [-0.2, -0.15) is 0 Å². The van der Waals surface area contributed by atoms with E-state index in [1.165, 1.54) is 6.07 Å². The molecule has 1 heterocycles. The molecule has 0 fully saturated rings. The van der Waals surface area contributed by atoms with Crippen LogP contribution in [0.2, 0.25) is 0 Å². The van der Waals surface area contributed by atoms with Gasteiger partial charge in [-0.1, -0.05) is 13.8 Å². The summed E-state index contributed by atoms with van der Waals surface area (Å²) in [5.74, 6) is 0.143. The first-order valence-corrected chi connectivity index (χ1v) is 5.97. The molecule has 0 aliphatic carbocycles. The quantitative estimate of drug-likeness (QED) is 0.817. The lowest BCUT2D eigenvalue weighted by atomic mass is 10.1. The van der Waals surface area contributed by atoms with Crippen molar-refractivity contribution in [1.82, 2.24) is 5.32 Å². The molecule has 1 aromatic carbocycles. The second kappa shape index (κ2) is 4.82. The number of aromatic hydroxyl groups is 1. The van der Waals surface area contributed by atoms with Crippen molar-refractivity contribution in [2.24, 2.45) is 0 Å². The molecule has 0 aliphatic rings. The number of aryl methyl sites for hydroxylation is 1. The summed E-state index contributed by atoms with van der Waals surface area (Å²) >= 11 is 0. The fraction of sp³-hybridized carbons (Fsp3) is 0.357. The van der Waals surface area contributed by atoms with Crippen molar-refractivity contribution in [2.75, 3.05) is 0 Å². The van der Waals surface area contributed by atoms with E-state index >= 15 is 0 Å². The van der Waals surface area contributed by atoms with Crippen LogP contribution in [0.1, 0.15) is 25.0 Å². The zero-order valence-corrected chi connectivity index (χ0v) is 10.8. The standard InChI is InChI=1S/C14H17NO3/c1-8(2)15-7-11-12(16)5-4-10-9(3)6-13(17)18-14(10)11/h4-6,8,15-16H,7H2,1-3H3. The molecule has 0 radical (unpaired) electrons. The van der Waals surface area contributed by atoms with Crippen LogP contribution in [0, 0.1) is 6.92 Å². The highest BCUT2D eigenvalue weighted by Crippen LogP contribution is 2.27. The molecule has 0 saturated carbocycles. The van der Waals surface area contributed by atoms with E-state index in [0.29, 0.717) is 17.7 Å². The Morgan fingerprint density at radius 2 is 2.11 bits per heavy atom. The maximum absolute atomic E-state index is 11.4. The molecule has 0 bridgehead atoms. The maximum Gasteiger partial charge on any atom is 0.336 e. The minimum Gasteiger partial charge on any atom is -0.507 e. The van der Waals surface area contributed by atoms with E-state index in [0.717, 1.165) is 10.9 Å². The van der Waals surface area contributed by atoms with Crippen molar-refractivity contribution in [1.29, 1.82) is 0 Å². The average molecular weight is 247 g/mol. The van der Waals surface area contributed by atoms with Crippen LogP contribution in [0.5, 0.6) is 5.75 Å². The summed E-state index contributed by atoms with van der Waals surface area (Å²) in [5, 5.41) is 14.0. The molecule has 0 unspecified atom stereocenters. The van der Waals surface area contributed by atoms with Gasteiger partial charge in [-0.15, -0.1) is 0 Å². The number of phenols is 1. The van der Waals surface area contributed by atoms with E-state index in [4.69, 9.17) is 4.42 Å². The minimum absolute atomic E-state index is 0.143. The molecule has 0 atom stereocenters. The third kappa shape index (κ3) is 2.38. The summed E-state index contributed by atoms with van der Waals surface area (Å²) in [6.07, 6.45) is 0. The first kappa shape index (κ1) is 12.6. The molecular formula is C14H17NO3. The second-order valence-electron chi connectivity index (χ2n) is 4.72. The lowest BCUT2D eigenvalue weighted by Crippen LogP contribution is -2.22. The largest absolute Gasteiger partial charge is 0.507 e. The Morgan fingerprint density at radius 1 is 1.39 bits per heavy atom. The molecule has 1 aromatic heterocycles. The summed E-state index contributed by atoms with van der Waals surface area (Å²) in [4.78, 5) is 11.4. The number of hydrogen-bond donors (Lipinski definition) is 2. The van der Waals surface area contributed by atoms with Gasteiger partial charge in [-0.25, -0.2) is 4.79 Å². The van der Waals surface area contributed by atoms with Gasteiger partial charge < -0.3 is 14.8 Å². The van der Waals surface area contributed by atoms with Crippen LogP contribution in [0.25, 0.3) is 11.0 Å². The number of benzene rings is 1. The number of nitrogens with one attached hydrogen (secondary N) is 1. The molecule has 18 heavy (non-hydrogen) atoms. The van der Waals surface area contributed by atoms with Crippen LogP contribution >= 0.6 is 0 Å². The van der Waals surface area contributed by atoms with Crippen molar-refractivity contribution in [2.45, 2.75) is 33.4 Å². The third-order valence-corrected chi connectivity index (χ3v) is 2.88. The first-order chi connectivity index (χ1) is 8.49. The molecule has 2 N–H and O–H groups in total. The van der Waals surface area contributed by atoms with Crippen LogP contribution in [-0.2, 0) is 6.54 Å². The highest BCUT2D eigenvalue weighted by molar-refractivity contribution is 5.84.